The van der Waals surface area contributed by atoms with E-state index in [1.807, 2.05) is 0 Å². The summed E-state index contributed by atoms with van der Waals surface area (Å²) in [5.41, 5.74) is -1.56. The molecule has 144 valence electrons. The number of Topliss-reactive ketones (excluding diaryl/α,β-unsaturated/α-hetero) is 1. The number of esters is 1. The summed E-state index contributed by atoms with van der Waals surface area (Å²) in [5.74, 6) is -5.42. The number of amides is 1. The molecule has 28 heavy (non-hydrogen) atoms. The van der Waals surface area contributed by atoms with Crippen molar-refractivity contribution in [1.82, 2.24) is 5.32 Å². The SMILES string of the molecule is CC(=O)OC1=C(NC(=O)c2ccccc2)OC(C)(c2ccc(F)c(F)c2)C1=O. The lowest BCUT2D eigenvalue weighted by Crippen LogP contribution is -2.32. The Balaban J connectivity index is 1.97. The van der Waals surface area contributed by atoms with Gasteiger partial charge in [0.25, 0.3) is 11.7 Å². The van der Waals surface area contributed by atoms with Gasteiger partial charge < -0.3 is 9.47 Å². The van der Waals surface area contributed by atoms with Gasteiger partial charge in [0, 0.05) is 18.1 Å². The van der Waals surface area contributed by atoms with Crippen molar-refractivity contribution < 1.29 is 32.6 Å². The largest absolute Gasteiger partial charge is 0.456 e. The molecule has 0 radical (unpaired) electrons. The number of ketones is 1. The molecule has 2 aromatic carbocycles. The molecule has 0 fully saturated rings. The van der Waals surface area contributed by atoms with Crippen molar-refractivity contribution in [1.29, 1.82) is 0 Å². The molecule has 0 aromatic heterocycles. The van der Waals surface area contributed by atoms with Crippen molar-refractivity contribution in [2.45, 2.75) is 19.4 Å². The van der Waals surface area contributed by atoms with E-state index < -0.39 is 40.7 Å². The van der Waals surface area contributed by atoms with E-state index in [1.54, 1.807) is 18.2 Å². The number of ether oxygens (including phenoxy) is 2. The zero-order chi connectivity index (χ0) is 20.5. The third kappa shape index (κ3) is 3.48. The van der Waals surface area contributed by atoms with E-state index in [-0.39, 0.29) is 17.0 Å². The highest BCUT2D eigenvalue weighted by molar-refractivity contribution is 6.05. The van der Waals surface area contributed by atoms with Crippen LogP contribution >= 0.6 is 0 Å². The monoisotopic (exact) mass is 387 g/mol. The zero-order valence-corrected chi connectivity index (χ0v) is 14.9. The van der Waals surface area contributed by atoms with Gasteiger partial charge in [-0.1, -0.05) is 24.3 Å². The van der Waals surface area contributed by atoms with Crippen molar-refractivity contribution in [2.24, 2.45) is 0 Å². The quantitative estimate of drug-likeness (QED) is 0.816. The topological polar surface area (TPSA) is 81.7 Å². The van der Waals surface area contributed by atoms with E-state index in [0.717, 1.165) is 19.1 Å². The maximum atomic E-state index is 13.7. The Labute approximate surface area is 158 Å². The maximum absolute atomic E-state index is 13.7. The second kappa shape index (κ2) is 7.22. The number of carbonyl (C=O) groups is 3. The van der Waals surface area contributed by atoms with Gasteiger partial charge >= 0.3 is 5.97 Å². The molecular weight excluding hydrogens is 372 g/mol. The van der Waals surface area contributed by atoms with E-state index >= 15 is 0 Å². The van der Waals surface area contributed by atoms with E-state index in [4.69, 9.17) is 9.47 Å². The van der Waals surface area contributed by atoms with Crippen molar-refractivity contribution >= 4 is 17.7 Å². The average Bonchev–Trinajstić information content (AvgIpc) is 2.89. The average molecular weight is 387 g/mol. The first-order valence-electron chi connectivity index (χ1n) is 8.21. The molecule has 0 spiro atoms. The molecule has 2 aromatic rings. The number of halogens is 2. The zero-order valence-electron chi connectivity index (χ0n) is 14.9. The minimum absolute atomic E-state index is 0.00925. The normalized spacial score (nSPS) is 18.6. The molecule has 1 N–H and O–H groups in total. The highest BCUT2D eigenvalue weighted by atomic mass is 19.2. The molecule has 1 amide bonds. The number of benzene rings is 2. The van der Waals surface area contributed by atoms with E-state index in [9.17, 15) is 23.2 Å². The van der Waals surface area contributed by atoms with Gasteiger partial charge in [0.15, 0.2) is 17.2 Å². The first-order chi connectivity index (χ1) is 13.2. The third-order valence-electron chi connectivity index (χ3n) is 4.13. The van der Waals surface area contributed by atoms with Gasteiger partial charge in [-0.15, -0.1) is 0 Å². The first kappa shape index (κ1) is 19.2. The Morgan fingerprint density at radius 3 is 2.36 bits per heavy atom. The fourth-order valence-electron chi connectivity index (χ4n) is 2.68. The van der Waals surface area contributed by atoms with Crippen LogP contribution in [0.3, 0.4) is 0 Å². The predicted molar refractivity (Wildman–Crippen MR) is 92.5 cm³/mol. The molecule has 3 rings (SSSR count). The fraction of sp³-hybridized carbons (Fsp3) is 0.150. The highest BCUT2D eigenvalue weighted by Crippen LogP contribution is 2.38. The Kier molecular flexibility index (Phi) is 4.96. The number of nitrogens with one attached hydrogen (secondary N) is 1. The van der Waals surface area contributed by atoms with Gasteiger partial charge in [-0.25, -0.2) is 8.78 Å². The Morgan fingerprint density at radius 1 is 1.07 bits per heavy atom. The number of hydrogen-bond donors (Lipinski definition) is 1. The molecule has 0 bridgehead atoms. The summed E-state index contributed by atoms with van der Waals surface area (Å²) >= 11 is 0. The summed E-state index contributed by atoms with van der Waals surface area (Å²) in [6.45, 7) is 2.37. The fourth-order valence-corrected chi connectivity index (χ4v) is 2.68. The van der Waals surface area contributed by atoms with E-state index in [1.165, 1.54) is 25.1 Å². The van der Waals surface area contributed by atoms with Crippen LogP contribution < -0.4 is 5.32 Å². The Bertz CT molecular complexity index is 1000. The number of rotatable bonds is 4. The molecular formula is C20H15F2NO5. The van der Waals surface area contributed by atoms with Crippen LogP contribution in [0.2, 0.25) is 0 Å². The highest BCUT2D eigenvalue weighted by Gasteiger charge is 2.50. The minimum Gasteiger partial charge on any atom is -0.456 e. The lowest BCUT2D eigenvalue weighted by Gasteiger charge is -2.23. The summed E-state index contributed by atoms with van der Waals surface area (Å²) in [5, 5.41) is 2.38. The van der Waals surface area contributed by atoms with Crippen LogP contribution in [0.5, 0.6) is 0 Å². The van der Waals surface area contributed by atoms with Crippen LogP contribution in [0.25, 0.3) is 0 Å². The van der Waals surface area contributed by atoms with Crippen molar-refractivity contribution in [3.8, 4) is 0 Å². The summed E-state index contributed by atoms with van der Waals surface area (Å²) in [6.07, 6.45) is 0. The minimum atomic E-state index is -1.82. The van der Waals surface area contributed by atoms with Crippen LogP contribution in [0.15, 0.2) is 60.2 Å². The van der Waals surface area contributed by atoms with E-state index in [2.05, 4.69) is 5.32 Å². The van der Waals surface area contributed by atoms with Crippen LogP contribution in [-0.4, -0.2) is 17.7 Å². The Morgan fingerprint density at radius 2 is 1.75 bits per heavy atom. The molecule has 6 nitrogen and oxygen atoms in total. The number of carbonyl (C=O) groups excluding carboxylic acids is 3. The van der Waals surface area contributed by atoms with E-state index in [0.29, 0.717) is 0 Å². The summed E-state index contributed by atoms with van der Waals surface area (Å²) < 4.78 is 37.4. The van der Waals surface area contributed by atoms with Gasteiger partial charge in [-0.2, -0.15) is 0 Å². The van der Waals surface area contributed by atoms with Gasteiger partial charge in [-0.3, -0.25) is 19.7 Å². The Hall–Kier alpha value is -3.55. The van der Waals surface area contributed by atoms with Crippen LogP contribution in [-0.2, 0) is 24.7 Å². The molecule has 0 saturated heterocycles. The molecule has 0 saturated carbocycles. The lowest BCUT2D eigenvalue weighted by atomic mass is 9.91. The van der Waals surface area contributed by atoms with Gasteiger partial charge in [0.2, 0.25) is 11.6 Å². The second-order valence-corrected chi connectivity index (χ2v) is 6.17. The molecule has 1 aliphatic rings. The van der Waals surface area contributed by atoms with Crippen molar-refractivity contribution in [2.75, 3.05) is 0 Å². The molecule has 1 heterocycles. The smallest absolute Gasteiger partial charge is 0.308 e. The summed E-state index contributed by atoms with van der Waals surface area (Å²) in [7, 11) is 0. The van der Waals surface area contributed by atoms with Crippen molar-refractivity contribution in [3.63, 3.8) is 0 Å². The lowest BCUT2D eigenvalue weighted by molar-refractivity contribution is -0.142. The second-order valence-electron chi connectivity index (χ2n) is 6.17. The van der Waals surface area contributed by atoms with Gasteiger partial charge in [-0.05, 0) is 31.2 Å². The van der Waals surface area contributed by atoms with Gasteiger partial charge in [0.1, 0.15) is 0 Å². The predicted octanol–water partition coefficient (Wildman–Crippen LogP) is 2.94. The van der Waals surface area contributed by atoms with Crippen LogP contribution in [0.4, 0.5) is 8.78 Å². The summed E-state index contributed by atoms with van der Waals surface area (Å²) in [6, 6.07) is 10.9. The first-order valence-corrected chi connectivity index (χ1v) is 8.21. The van der Waals surface area contributed by atoms with Crippen LogP contribution in [0, 0.1) is 11.6 Å². The number of hydrogen-bond acceptors (Lipinski definition) is 5. The van der Waals surface area contributed by atoms with Gasteiger partial charge in [0.05, 0.1) is 0 Å². The molecule has 8 heteroatoms. The summed E-state index contributed by atoms with van der Waals surface area (Å²) in [4.78, 5) is 36.7. The third-order valence-corrected chi connectivity index (χ3v) is 4.13. The molecule has 1 aliphatic heterocycles. The maximum Gasteiger partial charge on any atom is 0.308 e. The van der Waals surface area contributed by atoms with Crippen molar-refractivity contribution in [3.05, 3.63) is 82.9 Å². The molecule has 1 atom stereocenters. The standard InChI is InChI=1S/C20H15F2NO5/c1-11(24)27-16-17(25)20(2,13-8-9-14(21)15(22)10-13)28-19(16)23-18(26)12-6-4-3-5-7-12/h3-10H,1-2H3,(H,23,26). The molecule has 1 unspecified atom stereocenters. The van der Waals surface area contributed by atoms with Crippen LogP contribution in [0.1, 0.15) is 29.8 Å². The molecule has 0 aliphatic carbocycles.